The number of para-hydroxylation sites is 8. The maximum absolute atomic E-state index is 2.34. The zero-order valence-corrected chi connectivity index (χ0v) is 89.9. The fourth-order valence-electron chi connectivity index (χ4n) is 22.0. The third-order valence-corrected chi connectivity index (χ3v) is 29.5. The van der Waals surface area contributed by atoms with Gasteiger partial charge in [0.2, 0.25) is 0 Å². The molecule has 4 heteroatoms. The van der Waals surface area contributed by atoms with Crippen LogP contribution in [0.25, 0.3) is 138 Å². The highest BCUT2D eigenvalue weighted by Crippen LogP contribution is 2.52. The van der Waals surface area contributed by atoms with E-state index >= 15 is 0 Å². The van der Waals surface area contributed by atoms with Gasteiger partial charge in [-0.3, -0.25) is 0 Å². The third kappa shape index (κ3) is 22.2. The number of hydrogen-bond acceptors (Lipinski definition) is 0. The molecule has 0 fully saturated rings. The Labute approximate surface area is 888 Å². The molecule has 740 valence electrons. The van der Waals surface area contributed by atoms with Crippen molar-refractivity contribution in [2.24, 2.45) is 7.05 Å². The van der Waals surface area contributed by atoms with Gasteiger partial charge in [0.1, 0.15) is 0 Å². The lowest BCUT2D eigenvalue weighted by atomic mass is 9.80. The van der Waals surface area contributed by atoms with Gasteiger partial charge in [-0.15, -0.1) is 0 Å². The number of benzene rings is 21. The van der Waals surface area contributed by atoms with Gasteiger partial charge in [0, 0.05) is 94.5 Å². The van der Waals surface area contributed by atoms with E-state index in [-0.39, 0.29) is 16.2 Å². The average Bonchev–Trinajstić information content (AvgIpc) is 1.65. The van der Waals surface area contributed by atoms with Crippen LogP contribution in [0.1, 0.15) is 131 Å². The Hall–Kier alpha value is -17.2. The van der Waals surface area contributed by atoms with Gasteiger partial charge >= 0.3 is 0 Å². The van der Waals surface area contributed by atoms with E-state index in [0.717, 1.165) is 0 Å². The number of aryl methyl sites for hydroxylation is 11. The topological polar surface area (TPSA) is 19.7 Å². The van der Waals surface area contributed by atoms with Crippen LogP contribution >= 0.6 is 0 Å². The summed E-state index contributed by atoms with van der Waals surface area (Å²) in [6, 6.07) is 182. The first-order valence-corrected chi connectivity index (χ1v) is 52.6. The predicted octanol–water partition coefficient (Wildman–Crippen LogP) is 39.5. The van der Waals surface area contributed by atoms with Crippen LogP contribution < -0.4 is 0 Å². The van der Waals surface area contributed by atoms with E-state index in [1.54, 1.807) is 0 Å². The number of nitrogens with zero attached hydrogens (tertiary/aromatic N) is 4. The van der Waals surface area contributed by atoms with Crippen molar-refractivity contribution in [1.82, 2.24) is 18.3 Å². The summed E-state index contributed by atoms with van der Waals surface area (Å²) in [6.45, 7) is 35.3. The number of rotatable bonds is 3. The van der Waals surface area contributed by atoms with Crippen molar-refractivity contribution in [2.45, 2.75) is 127 Å². The summed E-state index contributed by atoms with van der Waals surface area (Å²) in [5.41, 5.74) is 44.8. The fourth-order valence-corrected chi connectivity index (χ4v) is 22.0. The Morgan fingerprint density at radius 1 is 0.153 bits per heavy atom. The van der Waals surface area contributed by atoms with Gasteiger partial charge in [-0.1, -0.05) is 505 Å². The number of hydrogen-bond donors (Lipinski definition) is 0. The second-order valence-electron chi connectivity index (χ2n) is 41.4. The molecule has 0 aliphatic heterocycles. The third-order valence-electron chi connectivity index (χ3n) is 29.5. The molecule has 0 amide bonds. The lowest BCUT2D eigenvalue weighted by Gasteiger charge is -2.23. The van der Waals surface area contributed by atoms with Crippen LogP contribution in [0.5, 0.6) is 0 Å². The van der Waals surface area contributed by atoms with Crippen LogP contribution in [0.2, 0.25) is 0 Å². The first-order chi connectivity index (χ1) is 72.8. The number of aromatic nitrogens is 4. The summed E-state index contributed by atoms with van der Waals surface area (Å²) in [7, 11) is 2.12. The summed E-state index contributed by atoms with van der Waals surface area (Å²) in [4.78, 5) is 0. The molecular weight excluding hydrogens is 1810 g/mol. The van der Waals surface area contributed by atoms with Crippen molar-refractivity contribution in [3.05, 3.63) is 605 Å². The predicted molar refractivity (Wildman–Crippen MR) is 648 cm³/mol. The van der Waals surface area contributed by atoms with Crippen molar-refractivity contribution in [3.63, 3.8) is 0 Å². The Bertz CT molecular complexity index is 8660. The first kappa shape index (κ1) is 103. The minimum atomic E-state index is 0.150. The molecule has 0 N–H and O–H groups in total. The molecule has 4 nitrogen and oxygen atoms in total. The quantitative estimate of drug-likeness (QED) is 0.168. The van der Waals surface area contributed by atoms with E-state index in [4.69, 9.17) is 0 Å². The van der Waals surface area contributed by atoms with Crippen LogP contribution in [0, 0.1) is 69.2 Å². The molecule has 21 aromatic carbocycles. The van der Waals surface area contributed by atoms with Crippen LogP contribution in [-0.2, 0) is 23.3 Å². The van der Waals surface area contributed by atoms with Crippen LogP contribution in [0.15, 0.2) is 516 Å². The van der Waals surface area contributed by atoms with Crippen molar-refractivity contribution < 1.29 is 0 Å². The highest BCUT2D eigenvalue weighted by atomic mass is 15.0. The Morgan fingerprint density at radius 3 is 0.900 bits per heavy atom. The smallest absolute Gasteiger partial charge is 0.0543 e. The Balaban J connectivity index is 0.000000110. The minimum Gasteiger partial charge on any atom is -0.344 e. The molecule has 0 atom stereocenters. The second-order valence-corrected chi connectivity index (χ2v) is 41.4. The second kappa shape index (κ2) is 46.3. The summed E-state index contributed by atoms with van der Waals surface area (Å²) in [5.74, 6) is 0. The van der Waals surface area contributed by atoms with Crippen molar-refractivity contribution in [1.29, 1.82) is 0 Å². The molecule has 0 saturated heterocycles. The van der Waals surface area contributed by atoms with Gasteiger partial charge in [0.25, 0.3) is 0 Å². The molecule has 0 bridgehead atoms. The van der Waals surface area contributed by atoms with E-state index in [1.165, 1.54) is 227 Å². The molecule has 0 spiro atoms. The molecule has 3 aliphatic rings. The van der Waals surface area contributed by atoms with Crippen molar-refractivity contribution in [3.8, 4) is 50.4 Å². The van der Waals surface area contributed by atoms with Crippen molar-refractivity contribution >= 4 is 87.2 Å². The SMILES string of the molecule is Cc1ccc2c(c1)-c1ccccc1C2(C)C.Cc1ccc2c(c1)C(C)(C)c1ccccc1-2.Cc1ccc2c(c1)c1ccccc1n2-c1ccccc1.Cc1ccc2c3ccccc3n(-c3ccccc3)c2c1.Cc1cccc2c1C(C)(C)c1ccccc1-2.Cc1cccc2c1c1ccccc1n2-c1ccccc1.Cc1ccccc1.Cc1ccccc1.Cc1ccccc1.Cc1ccccc1.Cn1c2ccccc2c2ccccc21. The van der Waals surface area contributed by atoms with Gasteiger partial charge in [-0.25, -0.2) is 0 Å². The molecule has 4 heterocycles. The Kier molecular flexibility index (Phi) is 31.7. The highest BCUT2D eigenvalue weighted by Gasteiger charge is 2.38. The Morgan fingerprint density at radius 2 is 0.433 bits per heavy atom. The molecule has 25 aromatic rings. The van der Waals surface area contributed by atoms with E-state index in [9.17, 15) is 0 Å². The standard InChI is InChI=1S/3C19H15N.3C16H16.C13H11N.4C7H8/c1-14-8-7-13-18-19(14)16-11-5-6-12-17(16)20(18)15-9-3-2-4-10-15;1-14-11-12-19-17(13-14)16-9-5-6-10-18(16)20(19)15-7-3-2-4-8-15;1-14-11-12-17-16-9-5-6-10-18(16)20(19(17)13-14)15-7-3-2-4-8-15;1-11-7-6-9-13-12-8-4-5-10-14(12)16(2,3)15(11)13;1-11-8-9-15-13(10-11)12-6-4-5-7-14(12)16(15,2)3;1-11-8-9-13-12-6-4-5-7-14(12)16(2,3)15(13)10-11;1-14-12-8-4-2-6-10(12)11-7-3-5-9-13(11)14;4*1-7-5-3-2-4-6-7/h3*2-13H,1H3;3*4-10H,1-3H3;2-9H,1H3;4*2-6H,1H3. The van der Waals surface area contributed by atoms with Gasteiger partial charge in [-0.05, 0) is 244 Å². The summed E-state index contributed by atoms with van der Waals surface area (Å²) < 4.78 is 9.27. The monoisotopic (exact) mass is 1950 g/mol. The maximum atomic E-state index is 2.34. The first-order valence-electron chi connectivity index (χ1n) is 52.6. The average molecular weight is 1950 g/mol. The summed E-state index contributed by atoms with van der Waals surface area (Å²) in [6.07, 6.45) is 0. The fraction of sp³-hybridized carbons (Fsp3) is 0.137. The summed E-state index contributed by atoms with van der Waals surface area (Å²) in [5, 5.41) is 10.6. The van der Waals surface area contributed by atoms with Gasteiger partial charge < -0.3 is 18.3 Å². The lowest BCUT2D eigenvalue weighted by Crippen LogP contribution is -2.16. The largest absolute Gasteiger partial charge is 0.344 e. The van der Waals surface area contributed by atoms with Crippen LogP contribution in [0.4, 0.5) is 0 Å². The van der Waals surface area contributed by atoms with E-state index < -0.39 is 0 Å². The molecule has 3 aliphatic carbocycles. The maximum Gasteiger partial charge on any atom is 0.0543 e. The molecular formula is C146H136N4. The normalized spacial score (nSPS) is 12.2. The molecule has 0 unspecified atom stereocenters. The van der Waals surface area contributed by atoms with E-state index in [0.29, 0.717) is 0 Å². The van der Waals surface area contributed by atoms with E-state index in [2.05, 4.69) is 579 Å². The summed E-state index contributed by atoms with van der Waals surface area (Å²) >= 11 is 0. The number of fused-ring (bicyclic) bond motifs is 21. The molecule has 28 rings (SSSR count). The zero-order valence-electron chi connectivity index (χ0n) is 89.9. The van der Waals surface area contributed by atoms with Crippen LogP contribution in [-0.4, -0.2) is 18.3 Å². The van der Waals surface area contributed by atoms with Crippen molar-refractivity contribution in [2.75, 3.05) is 0 Å². The zero-order chi connectivity index (χ0) is 105. The molecule has 150 heavy (non-hydrogen) atoms. The molecule has 0 saturated carbocycles. The van der Waals surface area contributed by atoms with Gasteiger partial charge in [0.05, 0.1) is 33.1 Å². The van der Waals surface area contributed by atoms with Gasteiger partial charge in [-0.2, -0.15) is 0 Å². The molecule has 4 aromatic heterocycles. The molecule has 0 radical (unpaired) electrons. The minimum absolute atomic E-state index is 0.150. The lowest BCUT2D eigenvalue weighted by molar-refractivity contribution is 0.655. The highest BCUT2D eigenvalue weighted by molar-refractivity contribution is 6.13. The van der Waals surface area contributed by atoms with Crippen LogP contribution in [0.3, 0.4) is 0 Å². The van der Waals surface area contributed by atoms with E-state index in [1.807, 2.05) is 72.8 Å². The van der Waals surface area contributed by atoms with Gasteiger partial charge in [0.15, 0.2) is 0 Å².